The van der Waals surface area contributed by atoms with Crippen LogP contribution in [0.5, 0.6) is 0 Å². The number of nitrogens with zero attached hydrogens (tertiary/aromatic N) is 3. The molecule has 0 saturated carbocycles. The van der Waals surface area contributed by atoms with E-state index < -0.39 is 0 Å². The van der Waals surface area contributed by atoms with Gasteiger partial charge in [-0.1, -0.05) is 23.4 Å². The third-order valence-electron chi connectivity index (χ3n) is 1.83. The van der Waals surface area contributed by atoms with E-state index in [9.17, 15) is 0 Å². The Bertz CT molecular complexity index is 434. The van der Waals surface area contributed by atoms with Gasteiger partial charge in [0, 0.05) is 11.8 Å². The van der Waals surface area contributed by atoms with Crippen molar-refractivity contribution in [1.29, 1.82) is 0 Å². The zero-order valence-corrected chi connectivity index (χ0v) is 7.41. The summed E-state index contributed by atoms with van der Waals surface area (Å²) in [6, 6.07) is 9.73. The van der Waals surface area contributed by atoms with Crippen molar-refractivity contribution >= 4 is 6.21 Å². The molecule has 2 rings (SSSR count). The van der Waals surface area contributed by atoms with Crippen molar-refractivity contribution in [3.05, 3.63) is 48.3 Å². The third-order valence-corrected chi connectivity index (χ3v) is 1.83. The first-order chi connectivity index (χ1) is 6.90. The smallest absolute Gasteiger partial charge is 0.0765 e. The summed E-state index contributed by atoms with van der Waals surface area (Å²) in [5.74, 6) is 0. The molecular formula is C10H9N3O. The van der Waals surface area contributed by atoms with Gasteiger partial charge in [0.05, 0.1) is 18.1 Å². The largest absolute Gasteiger partial charge is 0.411 e. The van der Waals surface area contributed by atoms with Gasteiger partial charge in [-0.25, -0.2) is 4.68 Å². The predicted molar refractivity (Wildman–Crippen MR) is 52.9 cm³/mol. The quantitative estimate of drug-likeness (QED) is 0.441. The Kier molecular flexibility index (Phi) is 2.27. The number of hydrogen-bond acceptors (Lipinski definition) is 3. The second kappa shape index (κ2) is 3.74. The summed E-state index contributed by atoms with van der Waals surface area (Å²) in [5, 5.41) is 15.4. The van der Waals surface area contributed by atoms with Crippen LogP contribution in [0.3, 0.4) is 0 Å². The molecule has 0 atom stereocenters. The summed E-state index contributed by atoms with van der Waals surface area (Å²) in [5.41, 5.74) is 1.74. The lowest BCUT2D eigenvalue weighted by Crippen LogP contribution is -1.92. The number of rotatable bonds is 2. The molecule has 1 N–H and O–H groups in total. The van der Waals surface area contributed by atoms with E-state index in [1.807, 2.05) is 30.3 Å². The van der Waals surface area contributed by atoms with E-state index in [4.69, 9.17) is 5.21 Å². The Balaban J connectivity index is 2.34. The molecule has 0 fully saturated rings. The van der Waals surface area contributed by atoms with Gasteiger partial charge in [0.2, 0.25) is 0 Å². The molecule has 1 aromatic heterocycles. The first-order valence-electron chi connectivity index (χ1n) is 4.17. The Morgan fingerprint density at radius 2 is 2.07 bits per heavy atom. The summed E-state index contributed by atoms with van der Waals surface area (Å²) in [6.07, 6.45) is 4.76. The van der Waals surface area contributed by atoms with Gasteiger partial charge in [-0.2, -0.15) is 5.10 Å². The van der Waals surface area contributed by atoms with Crippen LogP contribution in [0.1, 0.15) is 5.56 Å². The van der Waals surface area contributed by atoms with Crippen molar-refractivity contribution < 1.29 is 5.21 Å². The normalized spacial score (nSPS) is 10.9. The van der Waals surface area contributed by atoms with Crippen LogP contribution in [0.25, 0.3) is 5.69 Å². The molecule has 1 heterocycles. The zero-order chi connectivity index (χ0) is 9.80. The molecule has 0 aliphatic carbocycles. The summed E-state index contributed by atoms with van der Waals surface area (Å²) in [7, 11) is 0. The van der Waals surface area contributed by atoms with Gasteiger partial charge in [-0.15, -0.1) is 0 Å². The SMILES string of the molecule is O/N=C\c1cnn(-c2ccccc2)c1. The number of benzene rings is 1. The summed E-state index contributed by atoms with van der Waals surface area (Å²) >= 11 is 0. The van der Waals surface area contributed by atoms with Gasteiger partial charge in [0.25, 0.3) is 0 Å². The monoisotopic (exact) mass is 187 g/mol. The molecule has 0 amide bonds. The van der Waals surface area contributed by atoms with Crippen molar-refractivity contribution in [3.63, 3.8) is 0 Å². The summed E-state index contributed by atoms with van der Waals surface area (Å²) in [6.45, 7) is 0. The molecule has 1 aromatic carbocycles. The van der Waals surface area contributed by atoms with E-state index in [1.54, 1.807) is 17.1 Å². The maximum atomic E-state index is 8.33. The van der Waals surface area contributed by atoms with Crippen molar-refractivity contribution in [1.82, 2.24) is 9.78 Å². The second-order valence-corrected chi connectivity index (χ2v) is 2.80. The Hall–Kier alpha value is -2.10. The van der Waals surface area contributed by atoms with Crippen LogP contribution in [0.15, 0.2) is 47.9 Å². The first kappa shape index (κ1) is 8.50. The Morgan fingerprint density at radius 3 is 2.79 bits per heavy atom. The Labute approximate surface area is 81.1 Å². The standard InChI is InChI=1S/C10H9N3O/c14-12-7-9-6-11-13(8-9)10-4-2-1-3-5-10/h1-8,14H/b12-7-. The van der Waals surface area contributed by atoms with Crippen molar-refractivity contribution in [2.75, 3.05) is 0 Å². The van der Waals surface area contributed by atoms with Crippen LogP contribution in [-0.2, 0) is 0 Å². The molecule has 0 aliphatic rings. The second-order valence-electron chi connectivity index (χ2n) is 2.80. The fraction of sp³-hybridized carbons (Fsp3) is 0. The molecule has 14 heavy (non-hydrogen) atoms. The van der Waals surface area contributed by atoms with Crippen molar-refractivity contribution in [3.8, 4) is 5.69 Å². The van der Waals surface area contributed by atoms with Crippen LogP contribution in [0, 0.1) is 0 Å². The van der Waals surface area contributed by atoms with Gasteiger partial charge in [-0.05, 0) is 12.1 Å². The molecule has 0 aliphatic heterocycles. The fourth-order valence-electron chi connectivity index (χ4n) is 1.19. The number of aromatic nitrogens is 2. The fourth-order valence-corrected chi connectivity index (χ4v) is 1.19. The molecule has 0 unspecified atom stereocenters. The van der Waals surface area contributed by atoms with Crippen LogP contribution in [0.4, 0.5) is 0 Å². The number of hydrogen-bond donors (Lipinski definition) is 1. The van der Waals surface area contributed by atoms with E-state index in [1.165, 1.54) is 6.21 Å². The first-order valence-corrected chi connectivity index (χ1v) is 4.17. The van der Waals surface area contributed by atoms with Gasteiger partial charge in [-0.3, -0.25) is 0 Å². The molecule has 0 spiro atoms. The third kappa shape index (κ3) is 1.64. The summed E-state index contributed by atoms with van der Waals surface area (Å²) in [4.78, 5) is 0. The van der Waals surface area contributed by atoms with Gasteiger partial charge in [0.15, 0.2) is 0 Å². The van der Waals surface area contributed by atoms with E-state index in [0.717, 1.165) is 11.3 Å². The average molecular weight is 187 g/mol. The van der Waals surface area contributed by atoms with E-state index >= 15 is 0 Å². The molecule has 4 nitrogen and oxygen atoms in total. The summed E-state index contributed by atoms with van der Waals surface area (Å²) < 4.78 is 1.72. The van der Waals surface area contributed by atoms with Crippen LogP contribution in [0.2, 0.25) is 0 Å². The minimum atomic E-state index is 0.761. The Morgan fingerprint density at radius 1 is 1.29 bits per heavy atom. The van der Waals surface area contributed by atoms with E-state index in [-0.39, 0.29) is 0 Å². The zero-order valence-electron chi connectivity index (χ0n) is 7.41. The predicted octanol–water partition coefficient (Wildman–Crippen LogP) is 1.68. The molecule has 70 valence electrons. The van der Waals surface area contributed by atoms with Gasteiger partial charge < -0.3 is 5.21 Å². The lowest BCUT2D eigenvalue weighted by molar-refractivity contribution is 0.322. The highest BCUT2D eigenvalue weighted by Crippen LogP contribution is 2.05. The topological polar surface area (TPSA) is 50.4 Å². The van der Waals surface area contributed by atoms with Crippen LogP contribution >= 0.6 is 0 Å². The van der Waals surface area contributed by atoms with Gasteiger partial charge >= 0.3 is 0 Å². The number of oxime groups is 1. The molecule has 0 radical (unpaired) electrons. The van der Waals surface area contributed by atoms with Crippen LogP contribution in [-0.4, -0.2) is 21.2 Å². The average Bonchev–Trinajstić information content (AvgIpc) is 2.68. The molecular weight excluding hydrogens is 178 g/mol. The molecule has 4 heteroatoms. The van der Waals surface area contributed by atoms with Gasteiger partial charge in [0.1, 0.15) is 0 Å². The van der Waals surface area contributed by atoms with Crippen LogP contribution < -0.4 is 0 Å². The number of para-hydroxylation sites is 1. The van der Waals surface area contributed by atoms with E-state index in [0.29, 0.717) is 0 Å². The molecule has 2 aromatic rings. The van der Waals surface area contributed by atoms with Crippen molar-refractivity contribution in [2.24, 2.45) is 5.16 Å². The van der Waals surface area contributed by atoms with E-state index in [2.05, 4.69) is 10.3 Å². The highest BCUT2D eigenvalue weighted by Gasteiger charge is 1.97. The highest BCUT2D eigenvalue weighted by molar-refractivity contribution is 5.78. The van der Waals surface area contributed by atoms with Crippen molar-refractivity contribution in [2.45, 2.75) is 0 Å². The molecule has 0 bridgehead atoms. The highest BCUT2D eigenvalue weighted by atomic mass is 16.4. The minimum Gasteiger partial charge on any atom is -0.411 e. The lowest BCUT2D eigenvalue weighted by atomic mass is 10.3. The maximum absolute atomic E-state index is 8.33. The maximum Gasteiger partial charge on any atom is 0.0765 e. The lowest BCUT2D eigenvalue weighted by Gasteiger charge is -1.98. The minimum absolute atomic E-state index is 0.761. The molecule has 0 saturated heterocycles.